The summed E-state index contributed by atoms with van der Waals surface area (Å²) in [5, 5.41) is 8.20. The first kappa shape index (κ1) is 16.3. The number of hydrogen-bond acceptors (Lipinski definition) is 3. The van der Waals surface area contributed by atoms with Crippen LogP contribution in [0.25, 0.3) is 0 Å². The fraction of sp³-hybridized carbons (Fsp3) is 0.824. The molecule has 4 heteroatoms. The molecule has 1 fully saturated rings. The third-order valence-corrected chi connectivity index (χ3v) is 4.54. The first-order valence-corrected chi connectivity index (χ1v) is 8.43. The van der Waals surface area contributed by atoms with Gasteiger partial charge < -0.3 is 10.2 Å². The third kappa shape index (κ3) is 4.22. The monoisotopic (exact) mass is 292 g/mol. The molecule has 0 aromatic carbocycles. The molecule has 1 heterocycles. The van der Waals surface area contributed by atoms with E-state index in [4.69, 9.17) is 0 Å². The average molecular weight is 292 g/mol. The van der Waals surface area contributed by atoms with Crippen LogP contribution in [0.5, 0.6) is 0 Å². The zero-order chi connectivity index (χ0) is 15.4. The number of aromatic nitrogens is 2. The van der Waals surface area contributed by atoms with Gasteiger partial charge in [-0.2, -0.15) is 5.10 Å². The molecule has 1 N–H and O–H groups in total. The van der Waals surface area contributed by atoms with Crippen LogP contribution in [0, 0.1) is 18.8 Å². The van der Waals surface area contributed by atoms with Crippen molar-refractivity contribution in [2.75, 3.05) is 25.0 Å². The van der Waals surface area contributed by atoms with Gasteiger partial charge in [-0.3, -0.25) is 4.68 Å². The van der Waals surface area contributed by atoms with Crippen molar-refractivity contribution in [2.24, 2.45) is 18.9 Å². The van der Waals surface area contributed by atoms with Crippen LogP contribution in [-0.4, -0.2) is 29.9 Å². The lowest BCUT2D eigenvalue weighted by Crippen LogP contribution is -2.28. The SMILES string of the molecule is Cc1nn(C)c(N(C)CC2CCCC2)c1CNCC(C)C. The largest absolute Gasteiger partial charge is 0.359 e. The van der Waals surface area contributed by atoms with Gasteiger partial charge in [0.05, 0.1) is 5.69 Å². The van der Waals surface area contributed by atoms with Crippen molar-refractivity contribution in [3.63, 3.8) is 0 Å². The van der Waals surface area contributed by atoms with Crippen LogP contribution in [0.15, 0.2) is 0 Å². The molecule has 4 nitrogen and oxygen atoms in total. The second kappa shape index (κ2) is 7.30. The second-order valence-corrected chi connectivity index (χ2v) is 7.07. The summed E-state index contributed by atoms with van der Waals surface area (Å²) in [6, 6.07) is 0. The van der Waals surface area contributed by atoms with Crippen molar-refractivity contribution < 1.29 is 0 Å². The zero-order valence-electron chi connectivity index (χ0n) is 14.4. The Balaban J connectivity index is 2.05. The van der Waals surface area contributed by atoms with Gasteiger partial charge >= 0.3 is 0 Å². The van der Waals surface area contributed by atoms with Crippen LogP contribution in [0.1, 0.15) is 50.8 Å². The van der Waals surface area contributed by atoms with Gasteiger partial charge in [0.25, 0.3) is 0 Å². The van der Waals surface area contributed by atoms with E-state index in [0.29, 0.717) is 5.92 Å². The molecule has 0 saturated heterocycles. The lowest BCUT2D eigenvalue weighted by atomic mass is 10.1. The number of aryl methyl sites for hydroxylation is 2. The molecule has 1 aliphatic rings. The highest BCUT2D eigenvalue weighted by atomic mass is 15.4. The quantitative estimate of drug-likeness (QED) is 0.838. The number of anilines is 1. The van der Waals surface area contributed by atoms with Crippen LogP contribution < -0.4 is 10.2 Å². The Hall–Kier alpha value is -1.03. The molecule has 0 amide bonds. The average Bonchev–Trinajstić information content (AvgIpc) is 2.98. The van der Waals surface area contributed by atoms with Crippen LogP contribution in [0.4, 0.5) is 5.82 Å². The Morgan fingerprint density at radius 1 is 1.33 bits per heavy atom. The molecule has 1 aromatic heterocycles. The number of nitrogens with one attached hydrogen (secondary N) is 1. The van der Waals surface area contributed by atoms with E-state index in [-0.39, 0.29) is 0 Å². The van der Waals surface area contributed by atoms with Gasteiger partial charge in [-0.05, 0) is 38.1 Å². The number of nitrogens with zero attached hydrogens (tertiary/aromatic N) is 3. The lowest BCUT2D eigenvalue weighted by molar-refractivity contribution is 0.534. The highest BCUT2D eigenvalue weighted by Gasteiger charge is 2.21. The standard InChI is InChI=1S/C17H32N4/c1-13(2)10-18-11-16-14(3)19-21(5)17(16)20(4)12-15-8-6-7-9-15/h13,15,18H,6-12H2,1-5H3. The van der Waals surface area contributed by atoms with Crippen LogP contribution >= 0.6 is 0 Å². The normalized spacial score (nSPS) is 16.1. The minimum atomic E-state index is 0.682. The molecular weight excluding hydrogens is 260 g/mol. The molecule has 120 valence electrons. The summed E-state index contributed by atoms with van der Waals surface area (Å²) in [6.07, 6.45) is 5.60. The van der Waals surface area contributed by atoms with E-state index in [0.717, 1.165) is 31.2 Å². The van der Waals surface area contributed by atoms with Crippen molar-refractivity contribution in [3.8, 4) is 0 Å². The van der Waals surface area contributed by atoms with E-state index in [9.17, 15) is 0 Å². The predicted octanol–water partition coefficient (Wildman–Crippen LogP) is 3.10. The molecule has 0 bridgehead atoms. The Bertz CT molecular complexity index is 444. The predicted molar refractivity (Wildman–Crippen MR) is 89.7 cm³/mol. The summed E-state index contributed by atoms with van der Waals surface area (Å²) in [5.74, 6) is 2.83. The van der Waals surface area contributed by atoms with E-state index in [1.807, 2.05) is 0 Å². The Kier molecular flexibility index (Phi) is 5.68. The van der Waals surface area contributed by atoms with E-state index in [2.05, 4.69) is 54.9 Å². The van der Waals surface area contributed by atoms with Gasteiger partial charge in [0.1, 0.15) is 5.82 Å². The molecule has 1 aromatic rings. The van der Waals surface area contributed by atoms with Crippen molar-refractivity contribution in [1.82, 2.24) is 15.1 Å². The molecule has 0 radical (unpaired) electrons. The van der Waals surface area contributed by atoms with Gasteiger partial charge in [-0.25, -0.2) is 0 Å². The minimum Gasteiger partial charge on any atom is -0.359 e. The van der Waals surface area contributed by atoms with E-state index >= 15 is 0 Å². The Morgan fingerprint density at radius 2 is 2.00 bits per heavy atom. The summed E-state index contributed by atoms with van der Waals surface area (Å²) in [4.78, 5) is 2.42. The summed E-state index contributed by atoms with van der Waals surface area (Å²) in [6.45, 7) is 9.75. The fourth-order valence-corrected chi connectivity index (χ4v) is 3.53. The molecule has 0 spiro atoms. The van der Waals surface area contributed by atoms with Crippen LogP contribution in [-0.2, 0) is 13.6 Å². The van der Waals surface area contributed by atoms with Crippen molar-refractivity contribution in [3.05, 3.63) is 11.3 Å². The van der Waals surface area contributed by atoms with Gasteiger partial charge in [-0.15, -0.1) is 0 Å². The van der Waals surface area contributed by atoms with Gasteiger partial charge in [0.15, 0.2) is 0 Å². The molecule has 1 aliphatic carbocycles. The van der Waals surface area contributed by atoms with Crippen molar-refractivity contribution in [1.29, 1.82) is 0 Å². The third-order valence-electron chi connectivity index (χ3n) is 4.54. The molecule has 0 aliphatic heterocycles. The topological polar surface area (TPSA) is 33.1 Å². The first-order chi connectivity index (χ1) is 9.99. The van der Waals surface area contributed by atoms with Crippen LogP contribution in [0.3, 0.4) is 0 Å². The van der Waals surface area contributed by atoms with Crippen LogP contribution in [0.2, 0.25) is 0 Å². The van der Waals surface area contributed by atoms with E-state index < -0.39 is 0 Å². The van der Waals surface area contributed by atoms with Gasteiger partial charge in [0, 0.05) is 32.7 Å². The highest BCUT2D eigenvalue weighted by molar-refractivity contribution is 5.49. The van der Waals surface area contributed by atoms with Crippen molar-refractivity contribution in [2.45, 2.75) is 53.0 Å². The summed E-state index contributed by atoms with van der Waals surface area (Å²) >= 11 is 0. The van der Waals surface area contributed by atoms with Crippen molar-refractivity contribution >= 4 is 5.82 Å². The maximum absolute atomic E-state index is 4.64. The second-order valence-electron chi connectivity index (χ2n) is 7.07. The lowest BCUT2D eigenvalue weighted by Gasteiger charge is -2.24. The van der Waals surface area contributed by atoms with Gasteiger partial charge in [-0.1, -0.05) is 26.7 Å². The summed E-state index contributed by atoms with van der Waals surface area (Å²) in [7, 11) is 4.29. The zero-order valence-corrected chi connectivity index (χ0v) is 14.4. The number of hydrogen-bond donors (Lipinski definition) is 1. The molecule has 2 rings (SSSR count). The smallest absolute Gasteiger partial charge is 0.131 e. The first-order valence-electron chi connectivity index (χ1n) is 8.43. The number of rotatable bonds is 7. The highest BCUT2D eigenvalue weighted by Crippen LogP contribution is 2.28. The van der Waals surface area contributed by atoms with E-state index in [1.54, 1.807) is 0 Å². The maximum atomic E-state index is 4.64. The van der Waals surface area contributed by atoms with E-state index in [1.165, 1.54) is 37.1 Å². The molecule has 1 saturated carbocycles. The summed E-state index contributed by atoms with van der Waals surface area (Å²) < 4.78 is 2.05. The Labute approximate surface area is 129 Å². The molecular formula is C17H32N4. The van der Waals surface area contributed by atoms with Gasteiger partial charge in [0.2, 0.25) is 0 Å². The summed E-state index contributed by atoms with van der Waals surface area (Å²) in [5.41, 5.74) is 2.51. The Morgan fingerprint density at radius 3 is 2.62 bits per heavy atom. The molecule has 0 unspecified atom stereocenters. The molecule has 21 heavy (non-hydrogen) atoms. The fourth-order valence-electron chi connectivity index (χ4n) is 3.53. The minimum absolute atomic E-state index is 0.682. The molecule has 0 atom stereocenters. The maximum Gasteiger partial charge on any atom is 0.131 e.